The van der Waals surface area contributed by atoms with Crippen LogP contribution in [0.1, 0.15) is 296 Å². The fourth-order valence-electron chi connectivity index (χ4n) is 17.1. The van der Waals surface area contributed by atoms with Crippen LogP contribution in [0.3, 0.4) is 0 Å². The Labute approximate surface area is 752 Å². The van der Waals surface area contributed by atoms with Crippen LogP contribution in [0.25, 0.3) is 0 Å². The Morgan fingerprint density at radius 1 is 0.302 bits per heavy atom. The number of benzene rings is 6. The summed E-state index contributed by atoms with van der Waals surface area (Å²) in [6.45, 7) is 25.0. The highest BCUT2D eigenvalue weighted by Crippen LogP contribution is 2.41. The van der Waals surface area contributed by atoms with Crippen molar-refractivity contribution in [1.29, 1.82) is 0 Å². The topological polar surface area (TPSA) is 242 Å². The molecule has 0 saturated heterocycles. The molecule has 0 aliphatic heterocycles. The summed E-state index contributed by atoms with van der Waals surface area (Å²) >= 11 is 0. The molecule has 0 unspecified atom stereocenters. The molecule has 4 saturated carbocycles. The van der Waals surface area contributed by atoms with Crippen molar-refractivity contribution in [3.8, 4) is 11.5 Å². The van der Waals surface area contributed by atoms with Gasteiger partial charge in [-0.2, -0.15) is 0 Å². The summed E-state index contributed by atoms with van der Waals surface area (Å²) in [7, 11) is 3.16. The third kappa shape index (κ3) is 32.9. The van der Waals surface area contributed by atoms with Gasteiger partial charge in [-0.15, -0.1) is 0 Å². The molecular formula is C104H148N4O18. The van der Waals surface area contributed by atoms with Gasteiger partial charge in [0.15, 0.2) is 0 Å². The van der Waals surface area contributed by atoms with Gasteiger partial charge in [0, 0.05) is 26.2 Å². The van der Waals surface area contributed by atoms with Crippen molar-refractivity contribution in [3.05, 3.63) is 203 Å². The van der Waals surface area contributed by atoms with E-state index in [0.29, 0.717) is 87.5 Å². The van der Waals surface area contributed by atoms with Crippen LogP contribution in [0.4, 0.5) is 38.4 Å². The van der Waals surface area contributed by atoms with Crippen molar-refractivity contribution in [2.24, 2.45) is 11.8 Å². The van der Waals surface area contributed by atoms with Crippen LogP contribution in [0, 0.1) is 11.8 Å². The Balaban J connectivity index is 0.000000231. The number of carbonyl (C=O) groups is 8. The van der Waals surface area contributed by atoms with E-state index < -0.39 is 82.4 Å². The summed E-state index contributed by atoms with van der Waals surface area (Å²) in [4.78, 5) is 109. The summed E-state index contributed by atoms with van der Waals surface area (Å²) in [6, 6.07) is 53.5. The summed E-state index contributed by atoms with van der Waals surface area (Å²) in [5, 5.41) is 0. The summed E-state index contributed by atoms with van der Waals surface area (Å²) in [6.07, 6.45) is 24.4. The maximum atomic E-state index is 13.3. The van der Waals surface area contributed by atoms with E-state index in [2.05, 4.69) is 13.8 Å². The van der Waals surface area contributed by atoms with Crippen LogP contribution in [0.2, 0.25) is 0 Å². The normalized spacial score (nSPS) is 15.2. The molecule has 692 valence electrons. The van der Waals surface area contributed by atoms with Crippen molar-refractivity contribution < 1.29 is 85.7 Å². The van der Waals surface area contributed by atoms with Gasteiger partial charge in [-0.3, -0.25) is 0 Å². The van der Waals surface area contributed by atoms with Crippen molar-refractivity contribution >= 4 is 48.7 Å². The molecule has 6 aromatic rings. The van der Waals surface area contributed by atoms with Crippen LogP contribution in [-0.2, 0) is 76.8 Å². The Morgan fingerprint density at radius 2 is 0.548 bits per heavy atom. The first-order chi connectivity index (χ1) is 60.6. The molecule has 0 bridgehead atoms. The van der Waals surface area contributed by atoms with Gasteiger partial charge < -0.3 is 47.4 Å². The largest absolute Gasteiger partial charge is 0.497 e. The van der Waals surface area contributed by atoms with E-state index in [4.69, 9.17) is 47.4 Å². The molecule has 4 fully saturated rings. The predicted octanol–water partition coefficient (Wildman–Crippen LogP) is 26.5. The zero-order valence-corrected chi connectivity index (χ0v) is 78.3. The van der Waals surface area contributed by atoms with Crippen LogP contribution in [0.5, 0.6) is 11.5 Å². The molecule has 22 nitrogen and oxygen atoms in total. The third-order valence-corrected chi connectivity index (χ3v) is 26.5. The minimum atomic E-state index is -0.763. The Kier molecular flexibility index (Phi) is 43.2. The van der Waals surface area contributed by atoms with E-state index in [1.807, 2.05) is 191 Å². The molecule has 8 amide bonds. The molecule has 126 heavy (non-hydrogen) atoms. The maximum absolute atomic E-state index is 13.3. The number of hydrogen-bond acceptors (Lipinski definition) is 18. The van der Waals surface area contributed by atoms with E-state index in [1.54, 1.807) is 62.8 Å². The minimum Gasteiger partial charge on any atom is -0.497 e. The SMILES string of the molecule is CC(C)(OC(=O)N(CCc1ccccc1)C(=O)OC(C)(C)C1CCCCC1)C1CCCCC1.CCC(CC)(CC)OC(=O)N(CCc1ccccc1)C(=O)OC(CC)(CC)CC.CCC1(OC(=O)N(CCc2ccccc2)C(=O)OC2(CC)CCCCC2)CCCCC1.COc1ccc(COC(=O)N(CCc2ccccc2)C(=O)OCc2ccc(OC)cc2)cc1. The lowest BCUT2D eigenvalue weighted by Gasteiger charge is -2.39. The number of rotatable bonds is 34. The van der Waals surface area contributed by atoms with Gasteiger partial charge in [0.05, 0.1) is 14.2 Å². The predicted molar refractivity (Wildman–Crippen MR) is 493 cm³/mol. The lowest BCUT2D eigenvalue weighted by atomic mass is 9.79. The highest BCUT2D eigenvalue weighted by Gasteiger charge is 2.44. The van der Waals surface area contributed by atoms with Crippen molar-refractivity contribution in [2.75, 3.05) is 40.4 Å². The first-order valence-electron chi connectivity index (χ1n) is 46.9. The van der Waals surface area contributed by atoms with Gasteiger partial charge in [-0.05, 0) is 251 Å². The zero-order chi connectivity index (χ0) is 91.4. The molecule has 4 aliphatic carbocycles. The molecule has 0 radical (unpaired) electrons. The van der Waals surface area contributed by atoms with Crippen LogP contribution in [-0.4, -0.2) is 142 Å². The highest BCUT2D eigenvalue weighted by molar-refractivity contribution is 5.90. The number of methoxy groups -OCH3 is 2. The first kappa shape index (κ1) is 103. The number of nitrogens with zero attached hydrogens (tertiary/aromatic N) is 4. The van der Waals surface area contributed by atoms with Crippen molar-refractivity contribution in [1.82, 2.24) is 19.6 Å². The quantitative estimate of drug-likeness (QED) is 0.0341. The second-order valence-corrected chi connectivity index (χ2v) is 35.1. The number of hydrogen-bond donors (Lipinski definition) is 0. The van der Waals surface area contributed by atoms with Gasteiger partial charge >= 0.3 is 48.7 Å². The monoisotopic (exact) mass is 1740 g/mol. The maximum Gasteiger partial charge on any atom is 0.419 e. The van der Waals surface area contributed by atoms with Gasteiger partial charge in [0.1, 0.15) is 58.3 Å². The molecule has 0 N–H and O–H groups in total. The molecule has 0 atom stereocenters. The van der Waals surface area contributed by atoms with E-state index in [0.717, 1.165) is 133 Å². The van der Waals surface area contributed by atoms with Gasteiger partial charge in [0.2, 0.25) is 0 Å². The Bertz CT molecular complexity index is 3970. The second kappa shape index (κ2) is 52.9. The van der Waals surface area contributed by atoms with Gasteiger partial charge in [-0.25, -0.2) is 58.0 Å². The molecule has 22 heteroatoms. The second-order valence-electron chi connectivity index (χ2n) is 35.1. The Hall–Kier alpha value is -10.1. The van der Waals surface area contributed by atoms with Crippen LogP contribution in [0.15, 0.2) is 170 Å². The zero-order valence-electron chi connectivity index (χ0n) is 78.3. The number of imide groups is 4. The van der Waals surface area contributed by atoms with Crippen LogP contribution >= 0.6 is 0 Å². The molecule has 0 aromatic heterocycles. The van der Waals surface area contributed by atoms with Crippen molar-refractivity contribution in [3.63, 3.8) is 0 Å². The molecule has 0 spiro atoms. The highest BCUT2D eigenvalue weighted by atomic mass is 16.6. The van der Waals surface area contributed by atoms with E-state index in [9.17, 15) is 38.4 Å². The summed E-state index contributed by atoms with van der Waals surface area (Å²) < 4.78 is 56.8. The third-order valence-electron chi connectivity index (χ3n) is 26.5. The fourth-order valence-corrected chi connectivity index (χ4v) is 17.1. The lowest BCUT2D eigenvalue weighted by Crippen LogP contribution is -2.48. The van der Waals surface area contributed by atoms with Gasteiger partial charge in [0.25, 0.3) is 0 Å². The van der Waals surface area contributed by atoms with E-state index in [-0.39, 0.29) is 39.4 Å². The first-order valence-corrected chi connectivity index (χ1v) is 46.9. The molecule has 4 aliphatic rings. The summed E-state index contributed by atoms with van der Waals surface area (Å²) in [5.74, 6) is 2.05. The van der Waals surface area contributed by atoms with E-state index >= 15 is 0 Å². The summed E-state index contributed by atoms with van der Waals surface area (Å²) in [5.41, 5.74) is 2.52. The number of ether oxygens (including phenoxy) is 10. The number of amides is 8. The molecular weight excluding hydrogens is 1590 g/mol. The minimum absolute atomic E-state index is 0.0242. The molecule has 10 rings (SSSR count). The fraction of sp³-hybridized carbons (Fsp3) is 0.577. The smallest absolute Gasteiger partial charge is 0.419 e. The van der Waals surface area contributed by atoms with E-state index in [1.165, 1.54) is 61.2 Å². The number of carbonyl (C=O) groups excluding carboxylic acids is 8. The van der Waals surface area contributed by atoms with Crippen molar-refractivity contribution in [2.45, 2.75) is 335 Å². The van der Waals surface area contributed by atoms with Gasteiger partial charge in [-0.1, -0.05) is 252 Å². The molecule has 6 aromatic carbocycles. The standard InChI is InChI=1S/C28H43NO4.C26H27NO6.C26H39NO4.C24H39NO4/c1-27(2,23-16-10-6-11-17-23)32-25(30)29(21-20-22-14-8-5-9-15-22)26(31)33-28(3,4)24-18-12-7-13-19-24;1-30-23-12-8-21(9-13-23)18-32-25(28)27(17-16-20-6-4-3-5-7-20)26(29)33-19-22-10-14-24(31-2)15-11-22;1-3-25(17-10-6-11-18-25)30-23(28)27(21-16-22-14-8-5-9-15-22)24(29)31-26(4-2)19-12-7-13-20-26;1-7-23(8-2,9-3)28-21(26)25(19-18-20-16-14-13-15-17-20)22(27)29-24(10-4,11-5)12-6/h5,8-9,14-15,23-24H,6-7,10-13,16-21H2,1-4H3;3-15H,16-19H2,1-2H3;5,8-9,14-15H,3-4,6-7,10-13,16-21H2,1-2H3;13-17H,7-12,18-19H2,1-6H3. The molecule has 0 heterocycles. The Morgan fingerprint density at radius 3 is 0.802 bits per heavy atom. The van der Waals surface area contributed by atoms with Crippen LogP contribution < -0.4 is 9.47 Å². The lowest BCUT2D eigenvalue weighted by molar-refractivity contribution is -0.0551. The average molecular weight is 1740 g/mol. The average Bonchev–Trinajstić information content (AvgIpc) is 0.838.